The van der Waals surface area contributed by atoms with Gasteiger partial charge in [-0.3, -0.25) is 20.4 Å². The lowest BCUT2D eigenvalue weighted by Gasteiger charge is -2.15. The zero-order valence-corrected chi connectivity index (χ0v) is 15.3. The molecule has 0 aliphatic rings. The van der Waals surface area contributed by atoms with Gasteiger partial charge in [0.2, 0.25) is 0 Å². The van der Waals surface area contributed by atoms with Crippen LogP contribution in [0.1, 0.15) is 37.0 Å². The summed E-state index contributed by atoms with van der Waals surface area (Å²) < 4.78 is 24.3. The molecule has 0 radical (unpaired) electrons. The molecule has 2 amide bonds. The summed E-state index contributed by atoms with van der Waals surface area (Å²) >= 11 is 0. The number of amides is 2. The van der Waals surface area contributed by atoms with Crippen LogP contribution in [0.25, 0.3) is 0 Å². The van der Waals surface area contributed by atoms with Crippen molar-refractivity contribution >= 4 is 11.8 Å². The van der Waals surface area contributed by atoms with E-state index in [9.17, 15) is 14.0 Å². The number of nitrogens with one attached hydrogen (secondary N) is 2. The van der Waals surface area contributed by atoms with Crippen molar-refractivity contribution in [1.82, 2.24) is 10.9 Å². The van der Waals surface area contributed by atoms with Gasteiger partial charge in [-0.1, -0.05) is 25.5 Å². The van der Waals surface area contributed by atoms with Crippen molar-refractivity contribution in [1.29, 1.82) is 0 Å². The summed E-state index contributed by atoms with van der Waals surface area (Å²) in [5.74, 6) is -1.02. The van der Waals surface area contributed by atoms with Gasteiger partial charge >= 0.3 is 0 Å². The quantitative estimate of drug-likeness (QED) is 0.549. The van der Waals surface area contributed by atoms with Crippen LogP contribution in [0.4, 0.5) is 4.39 Å². The van der Waals surface area contributed by atoms with E-state index in [1.54, 1.807) is 30.3 Å². The number of carbonyl (C=O) groups is 2. The standard InChI is InChI=1S/C20H23FN2O4/c1-3-4-13-26-16-11-9-15(10-12-16)20(25)23-22-19(24)14(2)27-18-8-6-5-7-17(18)21/h5-12,14H,3-4,13H2,1-2H3,(H,22,24)(H,23,25)/t14-/m1/s1. The number of hydrazine groups is 1. The van der Waals surface area contributed by atoms with Gasteiger partial charge in [0, 0.05) is 5.56 Å². The molecule has 0 spiro atoms. The molecule has 144 valence electrons. The van der Waals surface area contributed by atoms with Gasteiger partial charge in [0.25, 0.3) is 11.8 Å². The monoisotopic (exact) mass is 374 g/mol. The molecule has 2 aromatic rings. The van der Waals surface area contributed by atoms with Crippen LogP contribution in [-0.2, 0) is 4.79 Å². The van der Waals surface area contributed by atoms with Crippen LogP contribution in [0.2, 0.25) is 0 Å². The van der Waals surface area contributed by atoms with Crippen LogP contribution in [-0.4, -0.2) is 24.5 Å². The first-order valence-electron chi connectivity index (χ1n) is 8.75. The number of halogens is 1. The Morgan fingerprint density at radius 3 is 2.44 bits per heavy atom. The molecular weight excluding hydrogens is 351 g/mol. The van der Waals surface area contributed by atoms with Gasteiger partial charge in [0.15, 0.2) is 17.7 Å². The Morgan fingerprint density at radius 2 is 1.78 bits per heavy atom. The van der Waals surface area contributed by atoms with Gasteiger partial charge < -0.3 is 9.47 Å². The molecule has 0 aliphatic heterocycles. The van der Waals surface area contributed by atoms with Crippen molar-refractivity contribution in [3.8, 4) is 11.5 Å². The topological polar surface area (TPSA) is 76.7 Å². The maximum atomic E-state index is 13.5. The van der Waals surface area contributed by atoms with E-state index < -0.39 is 23.7 Å². The average Bonchev–Trinajstić information content (AvgIpc) is 2.68. The third-order valence-electron chi connectivity index (χ3n) is 3.69. The zero-order valence-electron chi connectivity index (χ0n) is 15.3. The van der Waals surface area contributed by atoms with Crippen molar-refractivity contribution in [3.05, 3.63) is 59.9 Å². The minimum atomic E-state index is -0.989. The zero-order chi connectivity index (χ0) is 19.6. The largest absolute Gasteiger partial charge is 0.494 e. The molecule has 0 unspecified atom stereocenters. The highest BCUT2D eigenvalue weighted by Crippen LogP contribution is 2.17. The number of rotatable bonds is 8. The third-order valence-corrected chi connectivity index (χ3v) is 3.69. The summed E-state index contributed by atoms with van der Waals surface area (Å²) in [4.78, 5) is 24.1. The first kappa shape index (κ1) is 20.2. The Labute approximate surface area is 157 Å². The van der Waals surface area contributed by atoms with Crippen LogP contribution in [0.3, 0.4) is 0 Å². The molecule has 0 fully saturated rings. The molecule has 7 heteroatoms. The Hall–Kier alpha value is -3.09. The highest BCUT2D eigenvalue weighted by Gasteiger charge is 2.17. The SMILES string of the molecule is CCCCOc1ccc(C(=O)NNC(=O)[C@@H](C)Oc2ccccc2F)cc1. The molecule has 0 heterocycles. The van der Waals surface area contributed by atoms with Crippen molar-refractivity contribution in [2.75, 3.05) is 6.61 Å². The van der Waals surface area contributed by atoms with Crippen LogP contribution in [0, 0.1) is 5.82 Å². The molecule has 0 saturated heterocycles. The van der Waals surface area contributed by atoms with Crippen molar-refractivity contribution in [3.63, 3.8) is 0 Å². The number of para-hydroxylation sites is 1. The van der Waals surface area contributed by atoms with Gasteiger partial charge in [0.1, 0.15) is 5.75 Å². The van der Waals surface area contributed by atoms with Gasteiger partial charge in [-0.05, 0) is 49.7 Å². The second kappa shape index (κ2) is 10.2. The molecule has 27 heavy (non-hydrogen) atoms. The maximum absolute atomic E-state index is 13.5. The molecule has 2 rings (SSSR count). The lowest BCUT2D eigenvalue weighted by Crippen LogP contribution is -2.47. The molecule has 1 atom stereocenters. The normalized spacial score (nSPS) is 11.4. The Balaban J connectivity index is 1.81. The predicted molar refractivity (Wildman–Crippen MR) is 98.9 cm³/mol. The molecule has 0 saturated carbocycles. The summed E-state index contributed by atoms with van der Waals surface area (Å²) in [7, 11) is 0. The van der Waals surface area contributed by atoms with Crippen LogP contribution < -0.4 is 20.3 Å². The molecule has 2 aromatic carbocycles. The van der Waals surface area contributed by atoms with E-state index in [0.29, 0.717) is 17.9 Å². The van der Waals surface area contributed by atoms with E-state index in [2.05, 4.69) is 17.8 Å². The Kier molecular flexibility index (Phi) is 7.61. The number of benzene rings is 2. The first-order valence-corrected chi connectivity index (χ1v) is 8.75. The number of unbranched alkanes of at least 4 members (excludes halogenated alkanes) is 1. The lowest BCUT2D eigenvalue weighted by molar-refractivity contribution is -0.128. The average molecular weight is 374 g/mol. The fourth-order valence-electron chi connectivity index (χ4n) is 2.11. The summed E-state index contributed by atoms with van der Waals surface area (Å²) in [6.45, 7) is 4.15. The molecule has 0 aromatic heterocycles. The van der Waals surface area contributed by atoms with Crippen molar-refractivity contribution in [2.24, 2.45) is 0 Å². The van der Waals surface area contributed by atoms with E-state index in [-0.39, 0.29) is 5.75 Å². The van der Waals surface area contributed by atoms with Gasteiger partial charge in [-0.15, -0.1) is 0 Å². The maximum Gasteiger partial charge on any atom is 0.279 e. The predicted octanol–water partition coefficient (Wildman–Crippen LogP) is 3.23. The Bertz CT molecular complexity index is 765. The summed E-state index contributed by atoms with van der Waals surface area (Å²) in [5, 5.41) is 0. The Morgan fingerprint density at radius 1 is 1.07 bits per heavy atom. The highest BCUT2D eigenvalue weighted by molar-refractivity contribution is 5.95. The third kappa shape index (κ3) is 6.29. The van der Waals surface area contributed by atoms with Crippen molar-refractivity contribution in [2.45, 2.75) is 32.8 Å². The van der Waals surface area contributed by atoms with Gasteiger partial charge in [-0.2, -0.15) is 0 Å². The van der Waals surface area contributed by atoms with E-state index in [4.69, 9.17) is 9.47 Å². The van der Waals surface area contributed by atoms with Crippen molar-refractivity contribution < 1.29 is 23.5 Å². The second-order valence-electron chi connectivity index (χ2n) is 5.86. The molecule has 2 N–H and O–H groups in total. The first-order chi connectivity index (χ1) is 13.0. The van der Waals surface area contributed by atoms with E-state index >= 15 is 0 Å². The number of hydrogen-bond acceptors (Lipinski definition) is 4. The molecule has 0 bridgehead atoms. The van der Waals surface area contributed by atoms with E-state index in [1.165, 1.54) is 25.1 Å². The highest BCUT2D eigenvalue weighted by atomic mass is 19.1. The smallest absolute Gasteiger partial charge is 0.279 e. The summed E-state index contributed by atoms with van der Waals surface area (Å²) in [5.41, 5.74) is 4.92. The fraction of sp³-hybridized carbons (Fsp3) is 0.300. The fourth-order valence-corrected chi connectivity index (χ4v) is 2.11. The lowest BCUT2D eigenvalue weighted by atomic mass is 10.2. The van der Waals surface area contributed by atoms with Gasteiger partial charge in [-0.25, -0.2) is 4.39 Å². The minimum absolute atomic E-state index is 0.0369. The minimum Gasteiger partial charge on any atom is -0.494 e. The molecule has 0 aliphatic carbocycles. The van der Waals surface area contributed by atoms with Crippen LogP contribution in [0.15, 0.2) is 48.5 Å². The summed E-state index contributed by atoms with van der Waals surface area (Å²) in [6.07, 6.45) is 1.01. The number of carbonyl (C=O) groups excluding carboxylic acids is 2. The van der Waals surface area contributed by atoms with E-state index in [0.717, 1.165) is 12.8 Å². The summed E-state index contributed by atoms with van der Waals surface area (Å²) in [6, 6.07) is 12.4. The van der Waals surface area contributed by atoms with Crippen LogP contribution in [0.5, 0.6) is 11.5 Å². The van der Waals surface area contributed by atoms with Gasteiger partial charge in [0.05, 0.1) is 6.61 Å². The number of ether oxygens (including phenoxy) is 2. The molecular formula is C20H23FN2O4. The second-order valence-corrected chi connectivity index (χ2v) is 5.86. The number of hydrogen-bond donors (Lipinski definition) is 2. The van der Waals surface area contributed by atoms with E-state index in [1.807, 2.05) is 0 Å². The molecule has 6 nitrogen and oxygen atoms in total. The van der Waals surface area contributed by atoms with Crippen LogP contribution >= 0.6 is 0 Å².